The fourth-order valence-corrected chi connectivity index (χ4v) is 3.72. The van der Waals surface area contributed by atoms with Crippen LogP contribution < -0.4 is 0 Å². The Bertz CT molecular complexity index is 691. The molecular formula is C20H27F3N2O4. The highest BCUT2D eigenvalue weighted by atomic mass is 19.4. The molecule has 2 fully saturated rings. The van der Waals surface area contributed by atoms with E-state index in [0.717, 1.165) is 31.6 Å². The lowest BCUT2D eigenvalue weighted by Crippen LogP contribution is -2.43. The fraction of sp³-hybridized carbons (Fsp3) is 0.600. The van der Waals surface area contributed by atoms with Crippen molar-refractivity contribution < 1.29 is 33.0 Å². The van der Waals surface area contributed by atoms with E-state index < -0.39 is 12.1 Å². The number of carboxylic acid groups (broad SMARTS) is 1. The molecule has 1 unspecified atom stereocenters. The average molecular weight is 416 g/mol. The van der Waals surface area contributed by atoms with Crippen LogP contribution in [0.25, 0.3) is 0 Å². The van der Waals surface area contributed by atoms with Gasteiger partial charge in [-0.15, -0.1) is 0 Å². The first kappa shape index (κ1) is 23.0. The lowest BCUT2D eigenvalue weighted by atomic mass is 9.97. The minimum absolute atomic E-state index is 0.191. The van der Waals surface area contributed by atoms with Crippen LogP contribution in [0.5, 0.6) is 5.75 Å². The van der Waals surface area contributed by atoms with Gasteiger partial charge in [0.2, 0.25) is 5.91 Å². The number of carbonyl (C=O) groups excluding carboxylic acids is 1. The Morgan fingerprint density at radius 2 is 1.76 bits per heavy atom. The summed E-state index contributed by atoms with van der Waals surface area (Å²) < 4.78 is 31.7. The normalized spacial score (nSPS) is 20.1. The molecule has 0 spiro atoms. The molecule has 0 saturated carbocycles. The van der Waals surface area contributed by atoms with Gasteiger partial charge < -0.3 is 20.0 Å². The van der Waals surface area contributed by atoms with E-state index in [1.54, 1.807) is 18.2 Å². The van der Waals surface area contributed by atoms with Crippen LogP contribution in [0.15, 0.2) is 24.3 Å². The van der Waals surface area contributed by atoms with Gasteiger partial charge >= 0.3 is 12.1 Å². The molecule has 2 N–H and O–H groups in total. The van der Waals surface area contributed by atoms with Crippen LogP contribution in [0.3, 0.4) is 0 Å². The van der Waals surface area contributed by atoms with E-state index in [-0.39, 0.29) is 11.7 Å². The summed E-state index contributed by atoms with van der Waals surface area (Å²) in [5, 5.41) is 16.6. The highest BCUT2D eigenvalue weighted by Gasteiger charge is 2.38. The molecule has 0 bridgehead atoms. The lowest BCUT2D eigenvalue weighted by molar-refractivity contribution is -0.192. The van der Waals surface area contributed by atoms with Crippen molar-refractivity contribution in [2.45, 2.75) is 38.3 Å². The minimum atomic E-state index is -5.08. The highest BCUT2D eigenvalue weighted by molar-refractivity contribution is 5.79. The van der Waals surface area contributed by atoms with Crippen molar-refractivity contribution in [2.75, 3.05) is 32.7 Å². The molecule has 2 aliphatic heterocycles. The number of alkyl halides is 3. The molecule has 162 valence electrons. The molecule has 0 aromatic heterocycles. The number of likely N-dealkylation sites (tertiary alicyclic amines) is 2. The summed E-state index contributed by atoms with van der Waals surface area (Å²) in [4.78, 5) is 26.0. The fourth-order valence-electron chi connectivity index (χ4n) is 3.72. The first-order chi connectivity index (χ1) is 13.6. The second-order valence-electron chi connectivity index (χ2n) is 7.51. The molecule has 6 nitrogen and oxygen atoms in total. The predicted molar refractivity (Wildman–Crippen MR) is 100 cm³/mol. The summed E-state index contributed by atoms with van der Waals surface area (Å²) in [6, 6.07) is 7.03. The molecule has 0 radical (unpaired) electrons. The zero-order valence-electron chi connectivity index (χ0n) is 16.2. The van der Waals surface area contributed by atoms with Crippen molar-refractivity contribution >= 4 is 11.9 Å². The highest BCUT2D eigenvalue weighted by Crippen LogP contribution is 2.21. The number of hydrogen-bond acceptors (Lipinski definition) is 4. The van der Waals surface area contributed by atoms with E-state index in [1.807, 2.05) is 11.0 Å². The van der Waals surface area contributed by atoms with Crippen molar-refractivity contribution in [3.8, 4) is 5.75 Å². The van der Waals surface area contributed by atoms with Crippen LogP contribution in [0.4, 0.5) is 13.2 Å². The van der Waals surface area contributed by atoms with Crippen LogP contribution in [0.1, 0.15) is 31.2 Å². The number of carbonyl (C=O) groups is 2. The first-order valence-electron chi connectivity index (χ1n) is 9.73. The van der Waals surface area contributed by atoms with Gasteiger partial charge in [0.15, 0.2) is 0 Å². The molecule has 1 atom stereocenters. The zero-order valence-corrected chi connectivity index (χ0v) is 16.2. The van der Waals surface area contributed by atoms with Crippen LogP contribution >= 0.6 is 0 Å². The summed E-state index contributed by atoms with van der Waals surface area (Å²) in [6.07, 6.45) is 0.321. The number of nitrogens with zero attached hydrogens (tertiary/aromatic N) is 2. The molecule has 1 amide bonds. The maximum absolute atomic E-state index is 12.5. The number of benzene rings is 1. The van der Waals surface area contributed by atoms with Crippen LogP contribution in [-0.4, -0.2) is 70.8 Å². The summed E-state index contributed by atoms with van der Waals surface area (Å²) in [6.45, 7) is 5.39. The average Bonchev–Trinajstić information content (AvgIpc) is 3.14. The molecule has 0 aliphatic carbocycles. The van der Waals surface area contributed by atoms with Crippen molar-refractivity contribution in [1.29, 1.82) is 0 Å². The molecule has 29 heavy (non-hydrogen) atoms. The van der Waals surface area contributed by atoms with E-state index >= 15 is 0 Å². The first-order valence-corrected chi connectivity index (χ1v) is 9.73. The topological polar surface area (TPSA) is 81.1 Å². The van der Waals surface area contributed by atoms with Gasteiger partial charge in [0, 0.05) is 19.6 Å². The minimum Gasteiger partial charge on any atom is -0.508 e. The molecule has 1 aromatic rings. The van der Waals surface area contributed by atoms with Crippen LogP contribution in [0.2, 0.25) is 0 Å². The number of rotatable bonds is 4. The van der Waals surface area contributed by atoms with Gasteiger partial charge in [0.05, 0.1) is 6.42 Å². The largest absolute Gasteiger partial charge is 0.508 e. The lowest BCUT2D eigenvalue weighted by Gasteiger charge is -2.34. The number of halogens is 3. The number of phenols is 1. The maximum atomic E-state index is 12.5. The third kappa shape index (κ3) is 7.92. The number of aliphatic carboxylic acids is 1. The van der Waals surface area contributed by atoms with Gasteiger partial charge in [-0.1, -0.05) is 12.1 Å². The standard InChI is InChI=1S/C18H26N2O2.C2HF3O2/c21-17-7-3-5-15(11-17)12-18(22)20-10-4-6-16(14-20)13-19-8-1-2-9-19;3-2(4,5)1(6)7/h3,5,7,11,16,21H,1-2,4,6,8-10,12-14H2;(H,6,7). The Labute approximate surface area is 167 Å². The van der Waals surface area contributed by atoms with Crippen molar-refractivity contribution in [3.63, 3.8) is 0 Å². The number of aromatic hydroxyl groups is 1. The van der Waals surface area contributed by atoms with E-state index in [4.69, 9.17) is 9.90 Å². The Hall–Kier alpha value is -2.29. The summed E-state index contributed by atoms with van der Waals surface area (Å²) in [7, 11) is 0. The molecule has 2 heterocycles. The smallest absolute Gasteiger partial charge is 0.490 e. The number of piperidine rings is 1. The van der Waals surface area contributed by atoms with Crippen molar-refractivity contribution in [2.24, 2.45) is 5.92 Å². The number of amides is 1. The van der Waals surface area contributed by atoms with E-state index in [1.165, 1.54) is 32.4 Å². The molecule has 2 saturated heterocycles. The Kier molecular flexibility index (Phi) is 8.31. The summed E-state index contributed by atoms with van der Waals surface area (Å²) in [5.41, 5.74) is 0.895. The number of carboxylic acids is 1. The Balaban J connectivity index is 0.000000370. The van der Waals surface area contributed by atoms with Gasteiger partial charge in [0.25, 0.3) is 0 Å². The van der Waals surface area contributed by atoms with Gasteiger partial charge in [0.1, 0.15) is 5.75 Å². The predicted octanol–water partition coefficient (Wildman–Crippen LogP) is 2.90. The van der Waals surface area contributed by atoms with Gasteiger partial charge in [-0.2, -0.15) is 13.2 Å². The van der Waals surface area contributed by atoms with E-state index in [2.05, 4.69) is 4.90 Å². The van der Waals surface area contributed by atoms with Gasteiger partial charge in [-0.05, 0) is 62.4 Å². The Morgan fingerprint density at radius 1 is 1.10 bits per heavy atom. The van der Waals surface area contributed by atoms with Crippen LogP contribution in [-0.2, 0) is 16.0 Å². The second-order valence-corrected chi connectivity index (χ2v) is 7.51. The van der Waals surface area contributed by atoms with Gasteiger partial charge in [-0.25, -0.2) is 4.79 Å². The molecular weight excluding hydrogens is 389 g/mol. The van der Waals surface area contributed by atoms with E-state index in [0.29, 0.717) is 12.3 Å². The number of phenolic OH excluding ortho intramolecular Hbond substituents is 1. The zero-order chi connectivity index (χ0) is 21.4. The van der Waals surface area contributed by atoms with E-state index in [9.17, 15) is 23.1 Å². The third-order valence-corrected chi connectivity index (χ3v) is 5.10. The molecule has 3 rings (SSSR count). The molecule has 1 aromatic carbocycles. The summed E-state index contributed by atoms with van der Waals surface area (Å²) in [5.74, 6) is -1.71. The van der Waals surface area contributed by atoms with Crippen molar-refractivity contribution in [1.82, 2.24) is 9.80 Å². The quantitative estimate of drug-likeness (QED) is 0.789. The monoisotopic (exact) mass is 416 g/mol. The molecule has 2 aliphatic rings. The van der Waals surface area contributed by atoms with Gasteiger partial charge in [-0.3, -0.25) is 4.79 Å². The maximum Gasteiger partial charge on any atom is 0.490 e. The molecule has 9 heteroatoms. The van der Waals surface area contributed by atoms with Crippen molar-refractivity contribution in [3.05, 3.63) is 29.8 Å². The summed E-state index contributed by atoms with van der Waals surface area (Å²) >= 11 is 0. The van der Waals surface area contributed by atoms with Crippen LogP contribution in [0, 0.1) is 5.92 Å². The second kappa shape index (κ2) is 10.5. The SMILES string of the molecule is O=C(Cc1cccc(O)c1)N1CCCC(CN2CCCC2)C1.O=C(O)C(F)(F)F. The Morgan fingerprint density at radius 3 is 2.34 bits per heavy atom. The third-order valence-electron chi connectivity index (χ3n) is 5.10. The number of hydrogen-bond donors (Lipinski definition) is 2.